The summed E-state index contributed by atoms with van der Waals surface area (Å²) in [7, 11) is 1.81. The maximum atomic E-state index is 12.6. The molecule has 0 saturated carbocycles. The molecule has 0 aliphatic rings. The van der Waals surface area contributed by atoms with E-state index in [1.54, 1.807) is 42.3 Å². The van der Waals surface area contributed by atoms with Crippen LogP contribution in [0.25, 0.3) is 33.6 Å². The molecular weight excluding hydrogens is 384 g/mol. The first-order valence-electron chi connectivity index (χ1n) is 9.22. The number of fused-ring (bicyclic) bond motifs is 1. The minimum Gasteiger partial charge on any atom is -0.355 e. The lowest BCUT2D eigenvalue weighted by Gasteiger charge is -2.03. The van der Waals surface area contributed by atoms with Gasteiger partial charge in [0.15, 0.2) is 5.76 Å². The van der Waals surface area contributed by atoms with Crippen molar-refractivity contribution in [2.75, 3.05) is 0 Å². The van der Waals surface area contributed by atoms with Crippen LogP contribution >= 0.6 is 0 Å². The number of aromatic nitrogens is 5. The third-order valence-corrected chi connectivity index (χ3v) is 4.61. The maximum absolute atomic E-state index is 12.6. The Labute approximate surface area is 170 Å². The number of nitrogens with one attached hydrogen (secondary N) is 1. The van der Waals surface area contributed by atoms with Crippen LogP contribution in [0.4, 0.5) is 0 Å². The maximum Gasteiger partial charge on any atom is 0.251 e. The van der Waals surface area contributed by atoms with E-state index in [0.717, 1.165) is 16.5 Å². The van der Waals surface area contributed by atoms with Crippen LogP contribution in [0, 0.1) is 0 Å². The van der Waals surface area contributed by atoms with Gasteiger partial charge in [0, 0.05) is 24.4 Å². The lowest BCUT2D eigenvalue weighted by Crippen LogP contribution is -2.22. The topological polar surface area (TPSA) is 112 Å². The van der Waals surface area contributed by atoms with Gasteiger partial charge in [-0.15, -0.1) is 0 Å². The zero-order valence-electron chi connectivity index (χ0n) is 15.9. The summed E-state index contributed by atoms with van der Waals surface area (Å²) in [4.78, 5) is 16.9. The number of carbonyl (C=O) groups excluding carboxylic acids is 1. The molecule has 1 amide bonds. The smallest absolute Gasteiger partial charge is 0.251 e. The Morgan fingerprint density at radius 3 is 2.73 bits per heavy atom. The Morgan fingerprint density at radius 2 is 1.93 bits per heavy atom. The van der Waals surface area contributed by atoms with Gasteiger partial charge in [-0.3, -0.25) is 9.48 Å². The van der Waals surface area contributed by atoms with Crippen molar-refractivity contribution in [1.29, 1.82) is 0 Å². The SMILES string of the molecule is Cn1cc(-c2noc(CNC(=O)c3ccc4noc(-c5ccccc5)c4c3)n2)cn1. The fourth-order valence-electron chi connectivity index (χ4n) is 3.12. The zero-order chi connectivity index (χ0) is 20.5. The molecule has 0 saturated heterocycles. The molecule has 3 heterocycles. The van der Waals surface area contributed by atoms with Gasteiger partial charge in [0.2, 0.25) is 11.7 Å². The number of carbonyl (C=O) groups is 1. The minimum absolute atomic E-state index is 0.110. The second-order valence-corrected chi connectivity index (χ2v) is 6.71. The molecule has 3 aromatic heterocycles. The number of nitrogens with zero attached hydrogens (tertiary/aromatic N) is 5. The molecule has 9 nitrogen and oxygen atoms in total. The van der Waals surface area contributed by atoms with Crippen LogP contribution in [0.3, 0.4) is 0 Å². The normalized spacial score (nSPS) is 11.1. The van der Waals surface area contributed by atoms with Crippen LogP contribution in [0.2, 0.25) is 0 Å². The predicted octanol–water partition coefficient (Wildman–Crippen LogP) is 3.21. The van der Waals surface area contributed by atoms with Crippen molar-refractivity contribution in [3.63, 3.8) is 0 Å². The molecule has 0 aliphatic carbocycles. The molecule has 1 N–H and O–H groups in total. The highest BCUT2D eigenvalue weighted by atomic mass is 16.5. The molecule has 0 fully saturated rings. The van der Waals surface area contributed by atoms with Crippen LogP contribution in [0.5, 0.6) is 0 Å². The van der Waals surface area contributed by atoms with Crippen molar-refractivity contribution in [3.05, 3.63) is 72.4 Å². The number of hydrogen-bond acceptors (Lipinski definition) is 7. The number of aryl methyl sites for hydroxylation is 1. The molecule has 0 bridgehead atoms. The van der Waals surface area contributed by atoms with Gasteiger partial charge in [-0.2, -0.15) is 10.1 Å². The van der Waals surface area contributed by atoms with Crippen LogP contribution in [0.15, 0.2) is 70.0 Å². The molecular formula is C21H16N6O3. The first kappa shape index (κ1) is 17.8. The summed E-state index contributed by atoms with van der Waals surface area (Å²) in [5, 5.41) is 15.6. The molecule has 0 unspecified atom stereocenters. The molecule has 0 aliphatic heterocycles. The lowest BCUT2D eigenvalue weighted by atomic mass is 10.1. The van der Waals surface area contributed by atoms with Crippen LogP contribution < -0.4 is 5.32 Å². The Bertz CT molecular complexity index is 1340. The van der Waals surface area contributed by atoms with Gasteiger partial charge in [-0.25, -0.2) is 0 Å². The Kier molecular flexibility index (Phi) is 4.32. The molecule has 2 aromatic carbocycles. The highest BCUT2D eigenvalue weighted by Crippen LogP contribution is 2.29. The summed E-state index contributed by atoms with van der Waals surface area (Å²) in [6.45, 7) is 0.110. The molecule has 5 aromatic rings. The third-order valence-electron chi connectivity index (χ3n) is 4.61. The van der Waals surface area contributed by atoms with Crippen molar-refractivity contribution in [1.82, 2.24) is 30.4 Å². The largest absolute Gasteiger partial charge is 0.355 e. The summed E-state index contributed by atoms with van der Waals surface area (Å²) >= 11 is 0. The quantitative estimate of drug-likeness (QED) is 0.482. The first-order chi connectivity index (χ1) is 14.7. The van der Waals surface area contributed by atoms with Crippen molar-refractivity contribution >= 4 is 16.8 Å². The van der Waals surface area contributed by atoms with Gasteiger partial charge in [0.1, 0.15) is 5.52 Å². The highest BCUT2D eigenvalue weighted by molar-refractivity contribution is 6.00. The average molecular weight is 400 g/mol. The summed E-state index contributed by atoms with van der Waals surface area (Å²) in [5.41, 5.74) is 2.80. The van der Waals surface area contributed by atoms with E-state index in [-0.39, 0.29) is 12.5 Å². The lowest BCUT2D eigenvalue weighted by molar-refractivity contribution is 0.0946. The molecule has 30 heavy (non-hydrogen) atoms. The summed E-state index contributed by atoms with van der Waals surface area (Å²) in [6, 6.07) is 14.9. The summed E-state index contributed by atoms with van der Waals surface area (Å²) in [5.74, 6) is 1.08. The van der Waals surface area contributed by atoms with Gasteiger partial charge in [-0.05, 0) is 18.2 Å². The second kappa shape index (κ2) is 7.28. The zero-order valence-corrected chi connectivity index (χ0v) is 15.9. The number of rotatable bonds is 5. The Morgan fingerprint density at radius 1 is 1.07 bits per heavy atom. The van der Waals surface area contributed by atoms with Gasteiger partial charge in [-0.1, -0.05) is 40.6 Å². The fraction of sp³-hybridized carbons (Fsp3) is 0.0952. The van der Waals surface area contributed by atoms with Gasteiger partial charge in [0.25, 0.3) is 5.91 Å². The number of amides is 1. The van der Waals surface area contributed by atoms with Crippen LogP contribution in [0.1, 0.15) is 16.2 Å². The van der Waals surface area contributed by atoms with Crippen molar-refractivity contribution in [2.45, 2.75) is 6.54 Å². The van der Waals surface area contributed by atoms with Crippen molar-refractivity contribution < 1.29 is 13.8 Å². The molecule has 5 rings (SSSR count). The van der Waals surface area contributed by atoms with Crippen LogP contribution in [-0.4, -0.2) is 31.0 Å². The number of hydrogen-bond donors (Lipinski definition) is 1. The van der Waals surface area contributed by atoms with E-state index in [1.165, 1.54) is 0 Å². The molecule has 0 spiro atoms. The van der Waals surface area contributed by atoms with E-state index in [1.807, 2.05) is 30.3 Å². The molecule has 0 atom stereocenters. The van der Waals surface area contributed by atoms with Gasteiger partial charge < -0.3 is 14.4 Å². The van der Waals surface area contributed by atoms with E-state index in [0.29, 0.717) is 28.6 Å². The summed E-state index contributed by atoms with van der Waals surface area (Å²) < 4.78 is 12.4. The van der Waals surface area contributed by atoms with Crippen molar-refractivity contribution in [3.8, 4) is 22.7 Å². The van der Waals surface area contributed by atoms with E-state index in [9.17, 15) is 4.79 Å². The standard InChI is InChI=1S/C21H16N6O3/c1-27-12-15(10-23-27)20-24-18(29-26-20)11-22-21(28)14-7-8-17-16(9-14)19(30-25-17)13-5-3-2-4-6-13/h2-10,12H,11H2,1H3,(H,22,28). The monoisotopic (exact) mass is 400 g/mol. The minimum atomic E-state index is -0.266. The third kappa shape index (κ3) is 3.32. The van der Waals surface area contributed by atoms with Crippen molar-refractivity contribution in [2.24, 2.45) is 7.05 Å². The summed E-state index contributed by atoms with van der Waals surface area (Å²) in [6.07, 6.45) is 3.43. The van der Waals surface area contributed by atoms with E-state index in [4.69, 9.17) is 9.05 Å². The molecule has 148 valence electrons. The predicted molar refractivity (Wildman–Crippen MR) is 107 cm³/mol. The fourth-order valence-corrected chi connectivity index (χ4v) is 3.12. The van der Waals surface area contributed by atoms with E-state index < -0.39 is 0 Å². The van der Waals surface area contributed by atoms with Gasteiger partial charge >= 0.3 is 0 Å². The average Bonchev–Trinajstić information content (AvgIpc) is 3.51. The highest BCUT2D eigenvalue weighted by Gasteiger charge is 2.15. The van der Waals surface area contributed by atoms with E-state index >= 15 is 0 Å². The second-order valence-electron chi connectivity index (χ2n) is 6.71. The number of benzene rings is 2. The van der Waals surface area contributed by atoms with Gasteiger partial charge in [0.05, 0.1) is 23.7 Å². The van der Waals surface area contributed by atoms with E-state index in [2.05, 4.69) is 25.7 Å². The first-order valence-corrected chi connectivity index (χ1v) is 9.22. The molecule has 0 radical (unpaired) electrons. The Hall–Kier alpha value is -4.27. The molecule has 9 heteroatoms. The van der Waals surface area contributed by atoms with Crippen LogP contribution in [-0.2, 0) is 13.6 Å². The Balaban J connectivity index is 1.33.